The summed E-state index contributed by atoms with van der Waals surface area (Å²) in [5, 5.41) is 16.0. The van der Waals surface area contributed by atoms with Gasteiger partial charge in [-0.1, -0.05) is 431 Å². The molecular weight excluding hydrogens is 1670 g/mol. The van der Waals surface area contributed by atoms with Crippen molar-refractivity contribution in [3.05, 3.63) is 527 Å². The van der Waals surface area contributed by atoms with E-state index in [1.54, 1.807) is 0 Å². The Labute approximate surface area is 791 Å². The monoisotopic (exact) mass is 1750 g/mol. The third-order valence-corrected chi connectivity index (χ3v) is 27.6. The molecule has 5 aromatic heterocycles. The van der Waals surface area contributed by atoms with Crippen LogP contribution in [0.15, 0.2) is 519 Å². The maximum absolute atomic E-state index is 6.23. The topological polar surface area (TPSA) is 69.1 Å². The molecule has 1 atom stereocenters. The number of hydrogen-bond acceptors (Lipinski definition) is 6. The molecule has 6 nitrogen and oxygen atoms in total. The van der Waals surface area contributed by atoms with Crippen molar-refractivity contribution in [2.75, 3.05) is 0 Å². The summed E-state index contributed by atoms with van der Waals surface area (Å²) in [5.74, 6) is 0.820. The van der Waals surface area contributed by atoms with E-state index in [0.717, 1.165) is 88.9 Å². The zero-order valence-electron chi connectivity index (χ0n) is 74.1. The number of hydrogen-bond donors (Lipinski definition) is 0. The van der Waals surface area contributed by atoms with Gasteiger partial charge in [-0.25, -0.2) is 15.0 Å². The van der Waals surface area contributed by atoms with Crippen LogP contribution in [0.4, 0.5) is 5.69 Å². The van der Waals surface area contributed by atoms with Crippen molar-refractivity contribution in [2.24, 2.45) is 4.99 Å². The van der Waals surface area contributed by atoms with Crippen molar-refractivity contribution < 1.29 is 4.42 Å². The Kier molecular flexibility index (Phi) is 21.6. The van der Waals surface area contributed by atoms with E-state index in [2.05, 4.69) is 428 Å². The zero-order valence-corrected chi connectivity index (χ0v) is 74.9. The summed E-state index contributed by atoms with van der Waals surface area (Å²) < 4.78 is 11.1. The number of furan rings is 1. The van der Waals surface area contributed by atoms with E-state index < -0.39 is 0 Å². The highest BCUT2D eigenvalue weighted by atomic mass is 32.1. The number of fused-ring (bicyclic) bond motifs is 14. The van der Waals surface area contributed by atoms with Crippen molar-refractivity contribution in [3.8, 4) is 106 Å². The van der Waals surface area contributed by atoms with Gasteiger partial charge in [-0.05, 0) is 204 Å². The molecule has 0 aliphatic carbocycles. The molecule has 0 radical (unpaired) electrons. The largest absolute Gasteiger partial charge is 0.455 e. The lowest BCUT2D eigenvalue weighted by Gasteiger charge is -2.19. The van der Waals surface area contributed by atoms with Crippen LogP contribution in [-0.4, -0.2) is 25.2 Å². The maximum Gasteiger partial charge on any atom is 0.159 e. The van der Waals surface area contributed by atoms with Gasteiger partial charge in [0.2, 0.25) is 0 Å². The summed E-state index contributed by atoms with van der Waals surface area (Å²) in [6.07, 6.45) is 3.84. The molecule has 136 heavy (non-hydrogen) atoms. The van der Waals surface area contributed by atoms with Crippen LogP contribution < -0.4 is 0 Å². The first-order valence-corrected chi connectivity index (χ1v) is 47.0. The fraction of sp³-hybridized carbons (Fsp3) is 0.00775. The third-order valence-electron chi connectivity index (χ3n) is 26.4. The Morgan fingerprint density at radius 2 is 0.706 bits per heavy atom. The predicted molar refractivity (Wildman–Crippen MR) is 574 cm³/mol. The maximum atomic E-state index is 6.23. The Morgan fingerprint density at radius 3 is 1.33 bits per heavy atom. The Balaban J connectivity index is 0.000000106. The third kappa shape index (κ3) is 15.6. The van der Waals surface area contributed by atoms with Gasteiger partial charge in [0, 0.05) is 64.9 Å². The fourth-order valence-corrected chi connectivity index (χ4v) is 21.0. The molecule has 0 saturated carbocycles. The second-order valence-electron chi connectivity index (χ2n) is 34.5. The quantitative estimate of drug-likeness (QED) is 0.114. The van der Waals surface area contributed by atoms with Crippen LogP contribution in [0.2, 0.25) is 0 Å². The Morgan fingerprint density at radius 1 is 0.265 bits per heavy atom. The molecule has 0 fully saturated rings. The second-order valence-corrected chi connectivity index (χ2v) is 35.6. The minimum atomic E-state index is 0.107. The summed E-state index contributed by atoms with van der Waals surface area (Å²) in [6.45, 7) is 0. The van der Waals surface area contributed by atoms with Crippen LogP contribution in [0.25, 0.3) is 213 Å². The van der Waals surface area contributed by atoms with Gasteiger partial charge in [-0.3, -0.25) is 9.56 Å². The molecule has 0 saturated heterocycles. The standard InChI is InChI=1S/C54H35N.C27H18N4.C24H16O.C24H16S/c1-2-14-38(15-3-1)53-48-20-10-11-21-50(48)55-54(53)39-26-22-37(23-27-39)42-30-31-47-49(34-42)52(44-29-25-36-13-5-7-17-41(36)33-44)46-19-9-8-18-45(46)51(47)43-28-24-35-12-4-6-16-40(35)32-43;1-4-10-19(11-5-1)21-16-23-25-24(18-28-26(30-25)20-12-6-2-7-13-20)31(27(23)29-17-21)22-14-8-3-9-15-22;2*1-3-8-17(9-4-1)19-14-15-23-22(16-19)21-13-7-12-20(24(21)25-23)18-10-5-2-6-11-18/h1-34,53H;1-18H;2*1-16H. The predicted octanol–water partition coefficient (Wildman–Crippen LogP) is 35.2. The summed E-state index contributed by atoms with van der Waals surface area (Å²) in [5.41, 5.74) is 31.9. The van der Waals surface area contributed by atoms with E-state index in [0.29, 0.717) is 5.82 Å². The summed E-state index contributed by atoms with van der Waals surface area (Å²) in [7, 11) is 0. The molecule has 1 aliphatic rings. The molecule has 0 N–H and O–H groups in total. The molecule has 7 heteroatoms. The molecular formula is C129H85N5OS. The molecule has 26 aromatic rings. The summed E-state index contributed by atoms with van der Waals surface area (Å²) in [6, 6.07) is 177. The van der Waals surface area contributed by atoms with Gasteiger partial charge in [0.25, 0.3) is 0 Å². The van der Waals surface area contributed by atoms with E-state index >= 15 is 0 Å². The van der Waals surface area contributed by atoms with Crippen molar-refractivity contribution in [2.45, 2.75) is 5.92 Å². The lowest BCUT2D eigenvalue weighted by atomic mass is 9.84. The SMILES string of the molecule is c1ccc(-c2ccc3oc4c(-c5ccccc5)cccc4c3c2)cc1.c1ccc(-c2ccc3sc4c(-c5ccccc5)cccc4c3c2)cc1.c1ccc(-c2cnc3c(c2)c2nc(-c4ccccc4)ncc2n3-c2ccccc2)cc1.c1ccc(C2C(c3ccc(-c4ccc5c(-c6ccc7ccccc7c6)c6ccccc6c(-c6ccc7ccccc7c6)c5c4)cc3)=Nc3ccccc32)cc1. The summed E-state index contributed by atoms with van der Waals surface area (Å²) in [4.78, 5) is 19.7. The molecule has 0 amide bonds. The van der Waals surface area contributed by atoms with Crippen molar-refractivity contribution in [1.29, 1.82) is 0 Å². The van der Waals surface area contributed by atoms with E-state index in [-0.39, 0.29) is 5.92 Å². The molecule has 638 valence electrons. The number of nitrogens with zero attached hydrogens (tertiary/aromatic N) is 5. The van der Waals surface area contributed by atoms with E-state index in [1.165, 1.54) is 147 Å². The van der Waals surface area contributed by atoms with Crippen LogP contribution in [0.5, 0.6) is 0 Å². The molecule has 27 rings (SSSR count). The molecule has 1 aliphatic heterocycles. The number of thiophene rings is 1. The van der Waals surface area contributed by atoms with Gasteiger partial charge in [0.1, 0.15) is 22.3 Å². The first kappa shape index (κ1) is 81.6. The highest BCUT2D eigenvalue weighted by Gasteiger charge is 2.30. The second kappa shape index (κ2) is 35.9. The highest BCUT2D eigenvalue weighted by molar-refractivity contribution is 7.26. The van der Waals surface area contributed by atoms with Crippen LogP contribution in [0.3, 0.4) is 0 Å². The minimum Gasteiger partial charge on any atom is -0.455 e. The van der Waals surface area contributed by atoms with Crippen molar-refractivity contribution in [1.82, 2.24) is 19.5 Å². The number of benzene rings is 21. The van der Waals surface area contributed by atoms with Gasteiger partial charge < -0.3 is 4.42 Å². The highest BCUT2D eigenvalue weighted by Crippen LogP contribution is 2.49. The number of rotatable bonds is 12. The van der Waals surface area contributed by atoms with Crippen LogP contribution in [0.1, 0.15) is 22.6 Å². The number of aliphatic imine (C=N–C) groups is 1. The van der Waals surface area contributed by atoms with Crippen LogP contribution in [0, 0.1) is 0 Å². The summed E-state index contributed by atoms with van der Waals surface area (Å²) >= 11 is 1.89. The lowest BCUT2D eigenvalue weighted by Crippen LogP contribution is -2.11. The number of pyridine rings is 1. The normalized spacial score (nSPS) is 12.2. The molecule has 21 aromatic carbocycles. The van der Waals surface area contributed by atoms with E-state index in [4.69, 9.17) is 19.4 Å². The van der Waals surface area contributed by atoms with Gasteiger partial charge in [-0.2, -0.15) is 0 Å². The molecule has 0 spiro atoms. The number of para-hydroxylation sites is 3. The molecule has 6 heterocycles. The minimum absolute atomic E-state index is 0.107. The smallest absolute Gasteiger partial charge is 0.159 e. The molecule has 1 unspecified atom stereocenters. The van der Waals surface area contributed by atoms with E-state index in [9.17, 15) is 0 Å². The fourth-order valence-electron chi connectivity index (χ4n) is 19.8. The zero-order chi connectivity index (χ0) is 90.2. The van der Waals surface area contributed by atoms with Crippen molar-refractivity contribution in [3.63, 3.8) is 0 Å². The van der Waals surface area contributed by atoms with E-state index in [1.807, 2.05) is 103 Å². The first-order chi connectivity index (χ1) is 67.4. The lowest BCUT2D eigenvalue weighted by molar-refractivity contribution is 0.670. The Bertz CT molecular complexity index is 8710. The van der Waals surface area contributed by atoms with Gasteiger partial charge >= 0.3 is 0 Å². The first-order valence-electron chi connectivity index (χ1n) is 46.2. The van der Waals surface area contributed by atoms with Crippen LogP contribution in [-0.2, 0) is 0 Å². The Hall–Kier alpha value is -17.6. The van der Waals surface area contributed by atoms with Crippen LogP contribution >= 0.6 is 11.3 Å². The average molecular weight is 1750 g/mol. The van der Waals surface area contributed by atoms with Gasteiger partial charge in [0.15, 0.2) is 5.82 Å². The average Bonchev–Trinajstić information content (AvgIpc) is 1.30. The van der Waals surface area contributed by atoms with Crippen molar-refractivity contribution >= 4 is 130 Å². The molecule has 0 bridgehead atoms. The van der Waals surface area contributed by atoms with Gasteiger partial charge in [-0.15, -0.1) is 11.3 Å². The van der Waals surface area contributed by atoms with Gasteiger partial charge in [0.05, 0.1) is 29.0 Å². The number of aromatic nitrogens is 4.